The van der Waals surface area contributed by atoms with Crippen molar-refractivity contribution in [1.29, 1.82) is 0 Å². The average molecular weight is 647 g/mol. The molecular weight excluding hydrogens is 594 g/mol. The second kappa shape index (κ2) is 14.0. The Morgan fingerprint density at radius 3 is 2.26 bits per heavy atom. The maximum absolute atomic E-state index is 14.5. The highest BCUT2D eigenvalue weighted by Gasteiger charge is 2.52. The maximum atomic E-state index is 14.5. The van der Waals surface area contributed by atoms with E-state index in [1.54, 1.807) is 0 Å². The molecule has 1 amide bonds. The highest BCUT2D eigenvalue weighted by molar-refractivity contribution is 6.46. The molecule has 9 heteroatoms. The molecule has 1 aliphatic carbocycles. The molecule has 0 aromatic heterocycles. The van der Waals surface area contributed by atoms with Crippen LogP contribution in [0.4, 0.5) is 8.78 Å². The fourth-order valence-corrected chi connectivity index (χ4v) is 7.16. The van der Waals surface area contributed by atoms with Crippen molar-refractivity contribution in [3.8, 4) is 0 Å². The summed E-state index contributed by atoms with van der Waals surface area (Å²) in [6, 6.07) is 11.6. The summed E-state index contributed by atoms with van der Waals surface area (Å²) in [5.74, 6) is -0.339. The minimum atomic E-state index is -0.758. The molecule has 2 atom stereocenters. The minimum Gasteiger partial charge on any atom is -0.306 e. The van der Waals surface area contributed by atoms with Crippen LogP contribution in [0.5, 0.6) is 0 Å². The van der Waals surface area contributed by atoms with Crippen molar-refractivity contribution in [3.63, 3.8) is 0 Å². The van der Waals surface area contributed by atoms with Crippen molar-refractivity contribution in [2.45, 2.75) is 118 Å². The lowest BCUT2D eigenvalue weighted by Crippen LogP contribution is -2.51. The topological polar surface area (TPSA) is 81.5 Å². The summed E-state index contributed by atoms with van der Waals surface area (Å²) < 4.78 is 28.8. The second-order valence-corrected chi connectivity index (χ2v) is 15.8. The fourth-order valence-electron chi connectivity index (χ4n) is 7.16. The van der Waals surface area contributed by atoms with Gasteiger partial charge in [0, 0.05) is 24.4 Å². The van der Waals surface area contributed by atoms with Crippen LogP contribution in [0.2, 0.25) is 0 Å². The molecule has 2 unspecified atom stereocenters. The number of aliphatic imine (C=N–C) groups is 2. The Bertz CT molecular complexity index is 1490. The number of hydrogen-bond donors (Lipinski definition) is 2. The molecule has 0 bridgehead atoms. The van der Waals surface area contributed by atoms with E-state index in [1.165, 1.54) is 12.1 Å². The predicted molar refractivity (Wildman–Crippen MR) is 187 cm³/mol. The SMILES string of the molecule is CCC1C=NNC(CNCc2ccc(C(CCC(C)(C)C)N3C(=O)C(c4cc(F)cc(F)c4)=NC34CCC(C(C)(C)C)CC4)cc2)=N1. The zero-order valence-electron chi connectivity index (χ0n) is 29.2. The molecule has 2 aromatic carbocycles. The predicted octanol–water partition coefficient (Wildman–Crippen LogP) is 7.95. The number of carbonyl (C=O) groups is 1. The molecule has 254 valence electrons. The summed E-state index contributed by atoms with van der Waals surface area (Å²) in [7, 11) is 0. The molecule has 1 saturated carbocycles. The highest BCUT2D eigenvalue weighted by Crippen LogP contribution is 2.50. The third-order valence-corrected chi connectivity index (χ3v) is 9.98. The Morgan fingerprint density at radius 1 is 1.00 bits per heavy atom. The lowest BCUT2D eigenvalue weighted by atomic mass is 9.69. The fraction of sp³-hybridized carbons (Fsp3) is 0.579. The zero-order chi connectivity index (χ0) is 34.0. The molecule has 2 N–H and O–H groups in total. The number of carbonyl (C=O) groups excluding carboxylic acids is 1. The molecule has 0 saturated heterocycles. The Morgan fingerprint density at radius 2 is 1.66 bits per heavy atom. The standard InChI is InChI=1S/C38H52F2N6O/c1-8-31-23-42-45-33(43-31)24-41-22-25-9-11-26(12-10-25)32(15-16-36(2,3)4)46-35(47)34(27-19-29(39)21-30(40)20-27)44-38(46)17-13-28(14-18-38)37(5,6)7/h9-12,19-21,23,28,31-32,41H,8,13-18,22,24H2,1-7H3,(H,43,45). The maximum Gasteiger partial charge on any atom is 0.275 e. The van der Waals surface area contributed by atoms with Gasteiger partial charge in [0.05, 0.1) is 18.6 Å². The van der Waals surface area contributed by atoms with Crippen LogP contribution in [0, 0.1) is 28.4 Å². The van der Waals surface area contributed by atoms with E-state index in [9.17, 15) is 13.6 Å². The quantitative estimate of drug-likeness (QED) is 0.275. The third-order valence-electron chi connectivity index (χ3n) is 9.98. The molecule has 2 aromatic rings. The van der Waals surface area contributed by atoms with Crippen molar-refractivity contribution < 1.29 is 13.6 Å². The average Bonchev–Trinajstić information content (AvgIpc) is 3.28. The van der Waals surface area contributed by atoms with Crippen molar-refractivity contribution >= 4 is 23.7 Å². The van der Waals surface area contributed by atoms with Crippen LogP contribution in [-0.2, 0) is 11.3 Å². The molecule has 47 heavy (non-hydrogen) atoms. The van der Waals surface area contributed by atoms with Gasteiger partial charge in [0.25, 0.3) is 5.91 Å². The van der Waals surface area contributed by atoms with Gasteiger partial charge in [0.15, 0.2) is 0 Å². The van der Waals surface area contributed by atoms with Gasteiger partial charge in [-0.2, -0.15) is 5.10 Å². The molecule has 1 fully saturated rings. The first-order chi connectivity index (χ1) is 22.2. The summed E-state index contributed by atoms with van der Waals surface area (Å²) >= 11 is 0. The van der Waals surface area contributed by atoms with Gasteiger partial charge in [-0.15, -0.1) is 0 Å². The van der Waals surface area contributed by atoms with Gasteiger partial charge in [-0.1, -0.05) is 72.7 Å². The van der Waals surface area contributed by atoms with E-state index in [4.69, 9.17) is 4.99 Å². The normalized spacial score (nSPS) is 23.9. The van der Waals surface area contributed by atoms with E-state index in [-0.39, 0.29) is 40.1 Å². The number of rotatable bonds is 10. The van der Waals surface area contributed by atoms with Crippen LogP contribution >= 0.6 is 0 Å². The number of nitrogens with zero attached hydrogens (tertiary/aromatic N) is 4. The van der Waals surface area contributed by atoms with Crippen LogP contribution in [0.15, 0.2) is 57.6 Å². The number of benzene rings is 2. The van der Waals surface area contributed by atoms with Crippen LogP contribution < -0.4 is 10.7 Å². The Balaban J connectivity index is 1.44. The first-order valence-electron chi connectivity index (χ1n) is 17.2. The molecular formula is C38H52F2N6O. The largest absolute Gasteiger partial charge is 0.306 e. The summed E-state index contributed by atoms with van der Waals surface area (Å²) in [4.78, 5) is 26.3. The smallest absolute Gasteiger partial charge is 0.275 e. The van der Waals surface area contributed by atoms with Gasteiger partial charge < -0.3 is 10.2 Å². The lowest BCUT2D eigenvalue weighted by Gasteiger charge is -2.47. The number of amidine groups is 1. The third kappa shape index (κ3) is 8.34. The van der Waals surface area contributed by atoms with Crippen molar-refractivity contribution in [2.75, 3.05) is 6.54 Å². The number of amides is 1. The molecule has 2 aliphatic heterocycles. The van der Waals surface area contributed by atoms with Crippen LogP contribution in [0.1, 0.15) is 116 Å². The minimum absolute atomic E-state index is 0.0496. The van der Waals surface area contributed by atoms with Gasteiger partial charge in [0.2, 0.25) is 0 Å². The van der Waals surface area contributed by atoms with Crippen molar-refractivity contribution in [2.24, 2.45) is 31.8 Å². The molecule has 7 nitrogen and oxygen atoms in total. The number of nitrogens with one attached hydrogen (secondary N) is 2. The Kier molecular flexibility index (Phi) is 10.3. The summed E-state index contributed by atoms with van der Waals surface area (Å²) in [5.41, 5.74) is 4.95. The first-order valence-corrected chi connectivity index (χ1v) is 17.2. The summed E-state index contributed by atoms with van der Waals surface area (Å²) in [6.07, 6.45) is 7.69. The molecule has 5 rings (SSSR count). The van der Waals surface area contributed by atoms with Crippen LogP contribution in [0.25, 0.3) is 0 Å². The van der Waals surface area contributed by atoms with Gasteiger partial charge in [-0.25, -0.2) is 8.78 Å². The first kappa shape index (κ1) is 34.9. The Hall–Kier alpha value is -3.46. The van der Waals surface area contributed by atoms with Crippen molar-refractivity contribution in [3.05, 3.63) is 70.8 Å². The molecule has 0 radical (unpaired) electrons. The zero-order valence-corrected chi connectivity index (χ0v) is 29.2. The second-order valence-electron chi connectivity index (χ2n) is 15.8. The van der Waals surface area contributed by atoms with Crippen LogP contribution in [-0.4, -0.2) is 46.8 Å². The highest BCUT2D eigenvalue weighted by atomic mass is 19.1. The number of hydrogen-bond acceptors (Lipinski definition) is 6. The summed E-state index contributed by atoms with van der Waals surface area (Å²) in [6.45, 7) is 16.8. The molecule has 2 heterocycles. The van der Waals surface area contributed by atoms with Gasteiger partial charge in [-0.3, -0.25) is 20.2 Å². The van der Waals surface area contributed by atoms with Crippen molar-refractivity contribution in [1.82, 2.24) is 15.6 Å². The van der Waals surface area contributed by atoms with Gasteiger partial charge in [0.1, 0.15) is 28.8 Å². The van der Waals surface area contributed by atoms with E-state index in [1.807, 2.05) is 11.1 Å². The summed E-state index contributed by atoms with van der Waals surface area (Å²) in [5, 5.41) is 7.66. The van der Waals surface area contributed by atoms with E-state index in [0.29, 0.717) is 19.0 Å². The van der Waals surface area contributed by atoms with Gasteiger partial charge >= 0.3 is 0 Å². The van der Waals surface area contributed by atoms with E-state index < -0.39 is 17.3 Å². The molecule has 1 spiro atoms. The van der Waals surface area contributed by atoms with Gasteiger partial charge in [-0.05, 0) is 85.0 Å². The lowest BCUT2D eigenvalue weighted by molar-refractivity contribution is -0.134. The monoisotopic (exact) mass is 646 g/mol. The number of halogens is 2. The van der Waals surface area contributed by atoms with E-state index in [0.717, 1.165) is 68.0 Å². The Labute approximate surface area is 279 Å². The molecule has 3 aliphatic rings. The van der Waals surface area contributed by atoms with Crippen LogP contribution in [0.3, 0.4) is 0 Å². The number of hydrazone groups is 1. The van der Waals surface area contributed by atoms with E-state index in [2.05, 4.69) is 93.6 Å². The van der Waals surface area contributed by atoms with E-state index >= 15 is 0 Å².